The van der Waals surface area contributed by atoms with Gasteiger partial charge in [-0.25, -0.2) is 0 Å². The minimum atomic E-state index is 0.317. The van der Waals surface area contributed by atoms with Crippen LogP contribution >= 0.6 is 0 Å². The lowest BCUT2D eigenvalue weighted by Gasteiger charge is -2.48. The summed E-state index contributed by atoms with van der Waals surface area (Å²) in [5.41, 5.74) is 0.317. The van der Waals surface area contributed by atoms with Crippen molar-refractivity contribution in [1.29, 1.82) is 0 Å². The molecule has 18 heavy (non-hydrogen) atoms. The Morgan fingerprint density at radius 2 is 1.89 bits per heavy atom. The van der Waals surface area contributed by atoms with E-state index < -0.39 is 0 Å². The highest BCUT2D eigenvalue weighted by atomic mass is 15.3. The molecule has 2 nitrogen and oxygen atoms in total. The van der Waals surface area contributed by atoms with E-state index in [1.54, 1.807) is 0 Å². The molecule has 1 aliphatic rings. The van der Waals surface area contributed by atoms with Crippen LogP contribution in [-0.4, -0.2) is 36.1 Å². The van der Waals surface area contributed by atoms with E-state index in [4.69, 9.17) is 0 Å². The third-order valence-corrected chi connectivity index (χ3v) is 5.08. The van der Waals surface area contributed by atoms with Gasteiger partial charge < -0.3 is 5.32 Å². The number of hydrogen-bond acceptors (Lipinski definition) is 2. The van der Waals surface area contributed by atoms with Crippen LogP contribution in [0.2, 0.25) is 0 Å². The van der Waals surface area contributed by atoms with E-state index in [2.05, 4.69) is 51.8 Å². The molecule has 0 saturated carbocycles. The van der Waals surface area contributed by atoms with Gasteiger partial charge in [-0.3, -0.25) is 4.90 Å². The summed E-state index contributed by atoms with van der Waals surface area (Å²) in [4.78, 5) is 2.77. The molecule has 0 aromatic carbocycles. The molecule has 1 saturated heterocycles. The molecule has 1 aliphatic heterocycles. The second-order valence-electron chi connectivity index (χ2n) is 6.69. The standard InChI is InChI=1S/C16H34N2/c1-7-13(4)11-18-12-16(6,9-3)17-10-15(18)14(5)8-2/h13-15,17H,7-12H2,1-6H3. The summed E-state index contributed by atoms with van der Waals surface area (Å²) in [5, 5.41) is 3.79. The maximum Gasteiger partial charge on any atom is 0.0278 e. The SMILES string of the molecule is CCC(C)CN1CC(C)(CC)NCC1C(C)CC. The second-order valence-corrected chi connectivity index (χ2v) is 6.69. The Hall–Kier alpha value is -0.0800. The van der Waals surface area contributed by atoms with Crippen LogP contribution in [0.4, 0.5) is 0 Å². The molecule has 4 unspecified atom stereocenters. The van der Waals surface area contributed by atoms with Crippen molar-refractivity contribution in [3.63, 3.8) is 0 Å². The van der Waals surface area contributed by atoms with E-state index in [1.807, 2.05) is 0 Å². The van der Waals surface area contributed by atoms with Gasteiger partial charge in [-0.05, 0) is 25.2 Å². The third-order valence-electron chi connectivity index (χ3n) is 5.08. The lowest BCUT2D eigenvalue weighted by molar-refractivity contribution is 0.0438. The summed E-state index contributed by atoms with van der Waals surface area (Å²) < 4.78 is 0. The van der Waals surface area contributed by atoms with Gasteiger partial charge >= 0.3 is 0 Å². The highest BCUT2D eigenvalue weighted by Gasteiger charge is 2.36. The molecule has 4 atom stereocenters. The van der Waals surface area contributed by atoms with Crippen molar-refractivity contribution in [2.45, 2.75) is 72.4 Å². The summed E-state index contributed by atoms with van der Waals surface area (Å²) in [7, 11) is 0. The fourth-order valence-electron chi connectivity index (χ4n) is 2.90. The van der Waals surface area contributed by atoms with Crippen molar-refractivity contribution in [1.82, 2.24) is 10.2 Å². The molecule has 1 heterocycles. The second kappa shape index (κ2) is 6.91. The maximum atomic E-state index is 3.79. The number of hydrogen-bond donors (Lipinski definition) is 1. The Morgan fingerprint density at radius 1 is 1.22 bits per heavy atom. The normalized spacial score (nSPS) is 33.3. The topological polar surface area (TPSA) is 15.3 Å². The van der Waals surface area contributed by atoms with Gasteiger partial charge in [0.1, 0.15) is 0 Å². The molecule has 0 amide bonds. The van der Waals surface area contributed by atoms with Crippen molar-refractivity contribution in [2.24, 2.45) is 11.8 Å². The van der Waals surface area contributed by atoms with E-state index in [0.29, 0.717) is 5.54 Å². The smallest absolute Gasteiger partial charge is 0.0278 e. The Balaban J connectivity index is 2.72. The average Bonchev–Trinajstić information content (AvgIpc) is 2.38. The van der Waals surface area contributed by atoms with E-state index >= 15 is 0 Å². The van der Waals surface area contributed by atoms with E-state index in [9.17, 15) is 0 Å². The van der Waals surface area contributed by atoms with Crippen LogP contribution in [0.5, 0.6) is 0 Å². The molecule has 1 rings (SSSR count). The molecule has 2 heteroatoms. The Morgan fingerprint density at radius 3 is 2.39 bits per heavy atom. The molecule has 1 N–H and O–H groups in total. The van der Waals surface area contributed by atoms with Gasteiger partial charge in [0.2, 0.25) is 0 Å². The average molecular weight is 254 g/mol. The van der Waals surface area contributed by atoms with Crippen LogP contribution in [0.15, 0.2) is 0 Å². The zero-order valence-corrected chi connectivity index (χ0v) is 13.4. The quantitative estimate of drug-likeness (QED) is 0.780. The van der Waals surface area contributed by atoms with Crippen molar-refractivity contribution in [3.8, 4) is 0 Å². The lowest BCUT2D eigenvalue weighted by Crippen LogP contribution is -2.64. The van der Waals surface area contributed by atoms with Gasteiger partial charge in [-0.1, -0.05) is 47.5 Å². The number of rotatable bonds is 6. The zero-order chi connectivity index (χ0) is 13.8. The summed E-state index contributed by atoms with van der Waals surface area (Å²) in [5.74, 6) is 1.61. The Bertz CT molecular complexity index is 241. The van der Waals surface area contributed by atoms with Crippen LogP contribution in [0.1, 0.15) is 60.8 Å². The van der Waals surface area contributed by atoms with Crippen molar-refractivity contribution >= 4 is 0 Å². The van der Waals surface area contributed by atoms with Gasteiger partial charge in [0.25, 0.3) is 0 Å². The van der Waals surface area contributed by atoms with Crippen molar-refractivity contribution < 1.29 is 0 Å². The van der Waals surface area contributed by atoms with Crippen LogP contribution in [0, 0.1) is 11.8 Å². The van der Waals surface area contributed by atoms with Crippen molar-refractivity contribution in [3.05, 3.63) is 0 Å². The molecular formula is C16H34N2. The summed E-state index contributed by atoms with van der Waals surface area (Å²) in [6.45, 7) is 17.7. The summed E-state index contributed by atoms with van der Waals surface area (Å²) >= 11 is 0. The van der Waals surface area contributed by atoms with Gasteiger partial charge in [-0.15, -0.1) is 0 Å². The molecule has 0 aromatic heterocycles. The molecule has 0 radical (unpaired) electrons. The summed E-state index contributed by atoms with van der Waals surface area (Å²) in [6.07, 6.45) is 3.80. The molecular weight excluding hydrogens is 220 g/mol. The summed E-state index contributed by atoms with van der Waals surface area (Å²) in [6, 6.07) is 0.726. The van der Waals surface area contributed by atoms with Gasteiger partial charge in [0.15, 0.2) is 0 Å². The fourth-order valence-corrected chi connectivity index (χ4v) is 2.90. The maximum absolute atomic E-state index is 3.79. The van der Waals surface area contributed by atoms with Gasteiger partial charge in [-0.2, -0.15) is 0 Å². The van der Waals surface area contributed by atoms with E-state index in [-0.39, 0.29) is 0 Å². The van der Waals surface area contributed by atoms with Crippen LogP contribution in [0.25, 0.3) is 0 Å². The van der Waals surface area contributed by atoms with E-state index in [0.717, 1.165) is 24.4 Å². The molecule has 0 bridgehead atoms. The number of nitrogens with zero attached hydrogens (tertiary/aromatic N) is 1. The van der Waals surface area contributed by atoms with Crippen LogP contribution in [0.3, 0.4) is 0 Å². The Labute approximate surface area is 115 Å². The first-order chi connectivity index (χ1) is 8.45. The minimum Gasteiger partial charge on any atom is -0.309 e. The first kappa shape index (κ1) is 16.0. The van der Waals surface area contributed by atoms with Gasteiger partial charge in [0.05, 0.1) is 0 Å². The fraction of sp³-hybridized carbons (Fsp3) is 1.00. The monoisotopic (exact) mass is 254 g/mol. The lowest BCUT2D eigenvalue weighted by atomic mass is 9.87. The number of piperazine rings is 1. The first-order valence-electron chi connectivity index (χ1n) is 7.94. The highest BCUT2D eigenvalue weighted by molar-refractivity contribution is 4.96. The Kier molecular flexibility index (Phi) is 6.13. The molecule has 1 fully saturated rings. The molecule has 0 aromatic rings. The van der Waals surface area contributed by atoms with Crippen LogP contribution in [-0.2, 0) is 0 Å². The first-order valence-corrected chi connectivity index (χ1v) is 7.94. The third kappa shape index (κ3) is 3.96. The largest absolute Gasteiger partial charge is 0.309 e. The highest BCUT2D eigenvalue weighted by Crippen LogP contribution is 2.25. The predicted molar refractivity (Wildman–Crippen MR) is 81.0 cm³/mol. The number of nitrogens with one attached hydrogen (secondary N) is 1. The van der Waals surface area contributed by atoms with Crippen molar-refractivity contribution in [2.75, 3.05) is 19.6 Å². The van der Waals surface area contributed by atoms with Gasteiger partial charge in [0, 0.05) is 31.2 Å². The molecule has 0 spiro atoms. The molecule has 0 aliphatic carbocycles. The van der Waals surface area contributed by atoms with Crippen LogP contribution < -0.4 is 5.32 Å². The van der Waals surface area contributed by atoms with E-state index in [1.165, 1.54) is 32.4 Å². The molecule has 108 valence electrons. The predicted octanol–water partition coefficient (Wildman–Crippen LogP) is 3.52. The zero-order valence-electron chi connectivity index (χ0n) is 13.4. The minimum absolute atomic E-state index is 0.317.